The second kappa shape index (κ2) is 10.7. The molecule has 2 heteroatoms. The van der Waals surface area contributed by atoms with E-state index < -0.39 is 0 Å². The van der Waals surface area contributed by atoms with E-state index in [-0.39, 0.29) is 5.41 Å². The first-order chi connectivity index (χ1) is 25.3. The Morgan fingerprint density at radius 2 is 0.843 bits per heavy atom. The molecule has 0 saturated heterocycles. The highest BCUT2D eigenvalue weighted by Crippen LogP contribution is 2.62. The van der Waals surface area contributed by atoms with Crippen molar-refractivity contribution in [2.24, 2.45) is 0 Å². The van der Waals surface area contributed by atoms with E-state index in [1.807, 2.05) is 24.3 Å². The molecule has 0 radical (unpaired) electrons. The van der Waals surface area contributed by atoms with Crippen LogP contribution >= 0.6 is 0 Å². The Kier molecular flexibility index (Phi) is 5.91. The molecule has 236 valence electrons. The molecule has 0 aliphatic heterocycles. The van der Waals surface area contributed by atoms with Crippen LogP contribution in [0.5, 0.6) is 0 Å². The molecule has 0 atom stereocenters. The van der Waals surface area contributed by atoms with Gasteiger partial charge in [-0.15, -0.1) is 0 Å². The number of benzene rings is 8. The summed E-state index contributed by atoms with van der Waals surface area (Å²) in [7, 11) is 0. The van der Waals surface area contributed by atoms with E-state index in [1.165, 1.54) is 60.5 Å². The molecule has 2 aliphatic rings. The summed E-state index contributed by atoms with van der Waals surface area (Å²) in [5.74, 6) is 0.722. The Labute approximate surface area is 296 Å². The molecule has 51 heavy (non-hydrogen) atoms. The van der Waals surface area contributed by atoms with Gasteiger partial charge in [0.25, 0.3) is 0 Å². The Hall–Kier alpha value is -6.64. The van der Waals surface area contributed by atoms with Crippen LogP contribution in [0.1, 0.15) is 22.3 Å². The lowest BCUT2D eigenvalue weighted by atomic mass is 9.70. The lowest BCUT2D eigenvalue weighted by molar-refractivity contribution is 0.797. The second-order valence-electron chi connectivity index (χ2n) is 13.7. The van der Waals surface area contributed by atoms with Gasteiger partial charge in [0.05, 0.1) is 16.8 Å². The SMILES string of the molecule is c1ccc(-c2cc(-c3cccc(-c4ccc5c(c4)-c4ccccc4C54c5cccc6ccc7cccc4c7c56)c3)nc(-c3ccccc3)n2)cc1. The number of rotatable bonds is 4. The fourth-order valence-electron chi connectivity index (χ4n) is 8.90. The van der Waals surface area contributed by atoms with Gasteiger partial charge in [-0.2, -0.15) is 0 Å². The van der Waals surface area contributed by atoms with Crippen LogP contribution in [-0.4, -0.2) is 9.97 Å². The Morgan fingerprint density at radius 1 is 0.314 bits per heavy atom. The lowest BCUT2D eigenvalue weighted by Gasteiger charge is -2.30. The molecule has 9 aromatic rings. The summed E-state index contributed by atoms with van der Waals surface area (Å²) in [5, 5.41) is 5.39. The first-order valence-corrected chi connectivity index (χ1v) is 17.6. The maximum absolute atomic E-state index is 5.12. The average molecular weight is 647 g/mol. The zero-order valence-electron chi connectivity index (χ0n) is 27.7. The van der Waals surface area contributed by atoms with Gasteiger partial charge in [-0.25, -0.2) is 9.97 Å². The summed E-state index contributed by atoms with van der Waals surface area (Å²) in [6, 6.07) is 66.0. The van der Waals surface area contributed by atoms with Gasteiger partial charge in [0.15, 0.2) is 5.82 Å². The van der Waals surface area contributed by atoms with E-state index in [4.69, 9.17) is 9.97 Å². The van der Waals surface area contributed by atoms with Crippen LogP contribution in [0.2, 0.25) is 0 Å². The molecular formula is C49H30N2. The van der Waals surface area contributed by atoms with E-state index in [9.17, 15) is 0 Å². The molecule has 2 aliphatic carbocycles. The number of nitrogens with zero attached hydrogens (tertiary/aromatic N) is 2. The predicted molar refractivity (Wildman–Crippen MR) is 210 cm³/mol. The van der Waals surface area contributed by atoms with Crippen LogP contribution < -0.4 is 0 Å². The summed E-state index contributed by atoms with van der Waals surface area (Å²) < 4.78 is 0. The smallest absolute Gasteiger partial charge is 0.160 e. The normalized spacial score (nSPS) is 13.3. The van der Waals surface area contributed by atoms with Gasteiger partial charge >= 0.3 is 0 Å². The molecule has 0 amide bonds. The van der Waals surface area contributed by atoms with Gasteiger partial charge < -0.3 is 0 Å². The molecular weight excluding hydrogens is 617 g/mol. The van der Waals surface area contributed by atoms with Crippen molar-refractivity contribution in [3.8, 4) is 56.2 Å². The minimum absolute atomic E-state index is 0.350. The standard InChI is InChI=1S/C49H30N2/c1-3-12-31(13-4-1)44-30-45(51-48(50-44)34-14-5-2-6-15-34)37-19-9-18-35(28-37)36-26-27-41-39(29-36)38-20-7-8-21-40(38)49(41)42-22-10-16-32-24-25-33-17-11-23-43(49)47(33)46(32)42/h1-30H. The molecule has 0 unspecified atom stereocenters. The highest BCUT2D eigenvalue weighted by atomic mass is 14.9. The van der Waals surface area contributed by atoms with Crippen molar-refractivity contribution in [3.63, 3.8) is 0 Å². The zero-order valence-corrected chi connectivity index (χ0v) is 27.7. The van der Waals surface area contributed by atoms with Gasteiger partial charge in [-0.3, -0.25) is 0 Å². The van der Waals surface area contributed by atoms with Crippen molar-refractivity contribution in [2.45, 2.75) is 5.41 Å². The molecule has 0 fully saturated rings. The largest absolute Gasteiger partial charge is 0.228 e. The first-order valence-electron chi connectivity index (χ1n) is 17.6. The highest BCUT2D eigenvalue weighted by Gasteiger charge is 2.50. The molecule has 0 saturated carbocycles. The van der Waals surface area contributed by atoms with E-state index in [0.29, 0.717) is 0 Å². The fraction of sp³-hybridized carbons (Fsp3) is 0.0204. The number of fused-ring (bicyclic) bond motifs is 7. The van der Waals surface area contributed by atoms with E-state index >= 15 is 0 Å². The molecule has 0 bridgehead atoms. The van der Waals surface area contributed by atoms with E-state index in [0.717, 1.165) is 39.5 Å². The monoisotopic (exact) mass is 646 g/mol. The molecule has 1 aromatic heterocycles. The number of hydrogen-bond donors (Lipinski definition) is 0. The summed E-state index contributed by atoms with van der Waals surface area (Å²) in [6.07, 6.45) is 0. The quantitative estimate of drug-likeness (QED) is 0.178. The highest BCUT2D eigenvalue weighted by molar-refractivity contribution is 6.17. The van der Waals surface area contributed by atoms with Crippen molar-refractivity contribution in [3.05, 3.63) is 204 Å². The van der Waals surface area contributed by atoms with Gasteiger partial charge in [0.1, 0.15) is 0 Å². The second-order valence-corrected chi connectivity index (χ2v) is 13.7. The average Bonchev–Trinajstić information content (AvgIpc) is 3.68. The Morgan fingerprint density at radius 3 is 1.57 bits per heavy atom. The zero-order chi connectivity index (χ0) is 33.5. The lowest BCUT2D eigenvalue weighted by Crippen LogP contribution is -2.26. The summed E-state index contributed by atoms with van der Waals surface area (Å²) in [4.78, 5) is 10.1. The fourth-order valence-corrected chi connectivity index (χ4v) is 8.90. The molecule has 2 nitrogen and oxygen atoms in total. The molecule has 1 heterocycles. The van der Waals surface area contributed by atoms with Crippen LogP contribution in [0, 0.1) is 0 Å². The third kappa shape index (κ3) is 3.99. The first kappa shape index (κ1) is 28.2. The number of hydrogen-bond acceptors (Lipinski definition) is 2. The maximum Gasteiger partial charge on any atom is 0.160 e. The van der Waals surface area contributed by atoms with Gasteiger partial charge in [0, 0.05) is 16.7 Å². The predicted octanol–water partition coefficient (Wildman–Crippen LogP) is 12.1. The Bertz CT molecular complexity index is 2730. The van der Waals surface area contributed by atoms with Crippen molar-refractivity contribution in [1.82, 2.24) is 9.97 Å². The third-order valence-corrected chi connectivity index (χ3v) is 11.1. The molecule has 1 spiro atoms. The van der Waals surface area contributed by atoms with Crippen LogP contribution in [0.3, 0.4) is 0 Å². The van der Waals surface area contributed by atoms with E-state index in [1.54, 1.807) is 0 Å². The van der Waals surface area contributed by atoms with E-state index in [2.05, 4.69) is 158 Å². The molecule has 8 aromatic carbocycles. The minimum atomic E-state index is -0.350. The van der Waals surface area contributed by atoms with Gasteiger partial charge in [-0.1, -0.05) is 164 Å². The van der Waals surface area contributed by atoms with Crippen LogP contribution in [0.15, 0.2) is 182 Å². The van der Waals surface area contributed by atoms with Crippen LogP contribution in [0.25, 0.3) is 77.7 Å². The van der Waals surface area contributed by atoms with Crippen molar-refractivity contribution >= 4 is 21.5 Å². The molecule has 0 N–H and O–H groups in total. The van der Waals surface area contributed by atoms with Crippen molar-refractivity contribution in [1.29, 1.82) is 0 Å². The third-order valence-electron chi connectivity index (χ3n) is 11.1. The van der Waals surface area contributed by atoms with Gasteiger partial charge in [-0.05, 0) is 84.3 Å². The molecule has 11 rings (SSSR count). The summed E-state index contributed by atoms with van der Waals surface area (Å²) in [5.41, 5.74) is 15.1. The maximum atomic E-state index is 5.12. The number of aromatic nitrogens is 2. The summed E-state index contributed by atoms with van der Waals surface area (Å²) >= 11 is 0. The van der Waals surface area contributed by atoms with Crippen molar-refractivity contribution in [2.75, 3.05) is 0 Å². The van der Waals surface area contributed by atoms with Crippen LogP contribution in [0.4, 0.5) is 0 Å². The minimum Gasteiger partial charge on any atom is -0.228 e. The van der Waals surface area contributed by atoms with Gasteiger partial charge in [0.2, 0.25) is 0 Å². The van der Waals surface area contributed by atoms with Crippen LogP contribution in [-0.2, 0) is 5.41 Å². The topological polar surface area (TPSA) is 25.8 Å². The van der Waals surface area contributed by atoms with Crippen molar-refractivity contribution < 1.29 is 0 Å². The summed E-state index contributed by atoms with van der Waals surface area (Å²) in [6.45, 7) is 0. The Balaban J connectivity index is 1.08.